The summed E-state index contributed by atoms with van der Waals surface area (Å²) in [6.07, 6.45) is 0.836. The topological polar surface area (TPSA) is 108 Å². The van der Waals surface area contributed by atoms with E-state index in [0.717, 1.165) is 11.1 Å². The Morgan fingerprint density at radius 2 is 1.61 bits per heavy atom. The monoisotopic (exact) mass is 447 g/mol. The molecule has 0 bridgehead atoms. The van der Waals surface area contributed by atoms with Crippen LogP contribution in [0.5, 0.6) is 5.75 Å². The number of rotatable bonds is 10. The highest BCUT2D eigenvalue weighted by Crippen LogP contribution is 2.26. The number of ether oxygens (including phenoxy) is 2. The molecule has 0 aromatic heterocycles. The minimum Gasteiger partial charge on any atom is -0.491 e. The minimum atomic E-state index is -3.79. The van der Waals surface area contributed by atoms with Gasteiger partial charge in [0, 0.05) is 6.42 Å². The molecule has 0 aliphatic carbocycles. The smallest absolute Gasteiger partial charge is 0.297 e. The molecule has 31 heavy (non-hydrogen) atoms. The Hall–Kier alpha value is -2.75. The normalized spacial score (nSPS) is 16.7. The molecule has 1 aliphatic heterocycles. The van der Waals surface area contributed by atoms with Crippen LogP contribution >= 0.6 is 0 Å². The van der Waals surface area contributed by atoms with Crippen molar-refractivity contribution < 1.29 is 31.7 Å². The van der Waals surface area contributed by atoms with E-state index in [9.17, 15) is 18.0 Å². The second-order valence-electron chi connectivity index (χ2n) is 7.12. The zero-order valence-electron chi connectivity index (χ0n) is 17.2. The first kappa shape index (κ1) is 22.9. The molecule has 9 heteroatoms. The molecule has 1 N–H and O–H groups in total. The second-order valence-corrected chi connectivity index (χ2v) is 8.74. The zero-order valence-corrected chi connectivity index (χ0v) is 18.0. The van der Waals surface area contributed by atoms with Gasteiger partial charge >= 0.3 is 0 Å². The van der Waals surface area contributed by atoms with E-state index in [2.05, 4.69) is 5.32 Å². The molecular weight excluding hydrogens is 422 g/mol. The third-order valence-corrected chi connectivity index (χ3v) is 6.12. The molecule has 1 unspecified atom stereocenters. The first-order chi connectivity index (χ1) is 14.8. The average molecular weight is 448 g/mol. The maximum atomic E-state index is 12.1. The summed E-state index contributed by atoms with van der Waals surface area (Å²) in [6, 6.07) is 13.6. The zero-order chi connectivity index (χ0) is 22.3. The van der Waals surface area contributed by atoms with E-state index in [1.807, 2.05) is 6.92 Å². The maximum absolute atomic E-state index is 12.1. The van der Waals surface area contributed by atoms with Crippen LogP contribution in [0.15, 0.2) is 53.4 Å². The average Bonchev–Trinajstić information content (AvgIpc) is 2.74. The molecule has 2 aromatic rings. The third-order valence-electron chi connectivity index (χ3n) is 4.79. The number of hydrogen-bond acceptors (Lipinski definition) is 7. The van der Waals surface area contributed by atoms with Gasteiger partial charge in [-0.25, -0.2) is 0 Å². The number of carbonyl (C=O) groups excluding carboxylic acids is 2. The van der Waals surface area contributed by atoms with Crippen molar-refractivity contribution in [1.29, 1.82) is 0 Å². The summed E-state index contributed by atoms with van der Waals surface area (Å²) >= 11 is 0. The first-order valence-electron chi connectivity index (χ1n) is 9.95. The third kappa shape index (κ3) is 6.61. The quantitative estimate of drug-likeness (QED) is 0.338. The van der Waals surface area contributed by atoms with E-state index >= 15 is 0 Å². The summed E-state index contributed by atoms with van der Waals surface area (Å²) in [5, 5.41) is 2.35. The maximum Gasteiger partial charge on any atom is 0.297 e. The SMILES string of the molecule is Cc1ccc(S(=O)(=O)OCCOCCOc2ccc(C3CCC(=O)NC3=O)cc2)cc1. The highest BCUT2D eigenvalue weighted by molar-refractivity contribution is 7.86. The molecule has 1 aliphatic rings. The van der Waals surface area contributed by atoms with Crippen LogP contribution in [-0.2, 0) is 28.6 Å². The molecule has 1 atom stereocenters. The van der Waals surface area contributed by atoms with Crippen molar-refractivity contribution in [1.82, 2.24) is 5.32 Å². The van der Waals surface area contributed by atoms with Gasteiger partial charge in [-0.1, -0.05) is 29.8 Å². The molecule has 1 heterocycles. The van der Waals surface area contributed by atoms with Crippen molar-refractivity contribution in [3.8, 4) is 5.75 Å². The van der Waals surface area contributed by atoms with Gasteiger partial charge in [0.2, 0.25) is 11.8 Å². The summed E-state index contributed by atoms with van der Waals surface area (Å²) in [5.41, 5.74) is 1.80. The van der Waals surface area contributed by atoms with Gasteiger partial charge in [0.25, 0.3) is 10.1 Å². The van der Waals surface area contributed by atoms with Gasteiger partial charge in [-0.2, -0.15) is 8.42 Å². The van der Waals surface area contributed by atoms with Crippen LogP contribution in [0.3, 0.4) is 0 Å². The van der Waals surface area contributed by atoms with Gasteiger partial charge in [0.15, 0.2) is 0 Å². The fourth-order valence-electron chi connectivity index (χ4n) is 3.10. The number of amides is 2. The van der Waals surface area contributed by atoms with Crippen LogP contribution < -0.4 is 10.1 Å². The van der Waals surface area contributed by atoms with Gasteiger partial charge < -0.3 is 9.47 Å². The lowest BCUT2D eigenvalue weighted by Crippen LogP contribution is -2.39. The van der Waals surface area contributed by atoms with E-state index in [0.29, 0.717) is 18.6 Å². The number of piperidine rings is 1. The van der Waals surface area contributed by atoms with Crippen LogP contribution in [0.1, 0.15) is 29.9 Å². The molecule has 1 saturated heterocycles. The van der Waals surface area contributed by atoms with Gasteiger partial charge in [0.05, 0.1) is 30.6 Å². The lowest BCUT2D eigenvalue weighted by atomic mass is 9.90. The number of hydrogen-bond donors (Lipinski definition) is 1. The highest BCUT2D eigenvalue weighted by Gasteiger charge is 2.27. The van der Waals surface area contributed by atoms with E-state index in [4.69, 9.17) is 13.7 Å². The summed E-state index contributed by atoms with van der Waals surface area (Å²) in [4.78, 5) is 23.3. The Labute approximate surface area is 181 Å². The summed E-state index contributed by atoms with van der Waals surface area (Å²) in [6.45, 7) is 2.45. The molecule has 8 nitrogen and oxygen atoms in total. The van der Waals surface area contributed by atoms with Crippen molar-refractivity contribution in [2.24, 2.45) is 0 Å². The van der Waals surface area contributed by atoms with Gasteiger partial charge in [-0.15, -0.1) is 0 Å². The van der Waals surface area contributed by atoms with Gasteiger partial charge in [-0.3, -0.25) is 19.1 Å². The number of benzene rings is 2. The van der Waals surface area contributed by atoms with Gasteiger partial charge in [0.1, 0.15) is 12.4 Å². The Morgan fingerprint density at radius 3 is 2.29 bits per heavy atom. The molecule has 0 spiro atoms. The van der Waals surface area contributed by atoms with Crippen molar-refractivity contribution in [3.05, 3.63) is 59.7 Å². The molecule has 166 valence electrons. The Balaban J connectivity index is 1.33. The van der Waals surface area contributed by atoms with Crippen LogP contribution in [-0.4, -0.2) is 46.7 Å². The first-order valence-corrected chi connectivity index (χ1v) is 11.4. The lowest BCUT2D eigenvalue weighted by molar-refractivity contribution is -0.134. The molecule has 2 aromatic carbocycles. The second kappa shape index (κ2) is 10.5. The summed E-state index contributed by atoms with van der Waals surface area (Å²) < 4.78 is 40.0. The van der Waals surface area contributed by atoms with Crippen molar-refractivity contribution in [2.45, 2.75) is 30.6 Å². The van der Waals surface area contributed by atoms with E-state index in [-0.39, 0.29) is 49.1 Å². The molecule has 1 fully saturated rings. The van der Waals surface area contributed by atoms with Crippen LogP contribution in [0.25, 0.3) is 0 Å². The largest absolute Gasteiger partial charge is 0.491 e. The van der Waals surface area contributed by atoms with E-state index < -0.39 is 10.1 Å². The molecule has 0 saturated carbocycles. The number of nitrogens with one attached hydrogen (secondary N) is 1. The predicted molar refractivity (Wildman–Crippen MR) is 112 cm³/mol. The van der Waals surface area contributed by atoms with Crippen molar-refractivity contribution >= 4 is 21.9 Å². The number of carbonyl (C=O) groups is 2. The van der Waals surface area contributed by atoms with Crippen LogP contribution in [0.4, 0.5) is 0 Å². The van der Waals surface area contributed by atoms with E-state index in [1.54, 1.807) is 36.4 Å². The fourth-order valence-corrected chi connectivity index (χ4v) is 4.00. The Bertz CT molecular complexity index is 1000. The van der Waals surface area contributed by atoms with E-state index in [1.165, 1.54) is 12.1 Å². The van der Waals surface area contributed by atoms with Crippen molar-refractivity contribution in [3.63, 3.8) is 0 Å². The standard InChI is InChI=1S/C22H25NO7S/c1-16-2-8-19(9-3-16)31(26,27)30-15-13-28-12-14-29-18-6-4-17(5-7-18)20-10-11-21(24)23-22(20)25/h2-9,20H,10-15H2,1H3,(H,23,24,25). The van der Waals surface area contributed by atoms with Gasteiger partial charge in [-0.05, 0) is 43.2 Å². The lowest BCUT2D eigenvalue weighted by Gasteiger charge is -2.21. The highest BCUT2D eigenvalue weighted by atomic mass is 32.2. The van der Waals surface area contributed by atoms with Crippen LogP contribution in [0.2, 0.25) is 0 Å². The molecule has 2 amide bonds. The Morgan fingerprint density at radius 1 is 0.935 bits per heavy atom. The molecular formula is C22H25NO7S. The summed E-state index contributed by atoms with van der Waals surface area (Å²) in [5.74, 6) is -0.214. The predicted octanol–water partition coefficient (Wildman–Crippen LogP) is 2.32. The van der Waals surface area contributed by atoms with Crippen molar-refractivity contribution in [2.75, 3.05) is 26.4 Å². The molecule has 3 rings (SSSR count). The molecule has 0 radical (unpaired) electrons. The minimum absolute atomic E-state index is 0.0864. The summed E-state index contributed by atoms with van der Waals surface area (Å²) in [7, 11) is -3.79. The number of imide groups is 1. The Kier molecular flexibility index (Phi) is 7.78. The number of aryl methyl sites for hydroxylation is 1. The fraction of sp³-hybridized carbons (Fsp3) is 0.364. The van der Waals surface area contributed by atoms with Crippen LogP contribution in [0, 0.1) is 6.92 Å².